The smallest absolute Gasteiger partial charge is 0.276 e. The number of aryl methyl sites for hydroxylation is 1. The van der Waals surface area contributed by atoms with E-state index in [1.54, 1.807) is 13.3 Å². The Morgan fingerprint density at radius 3 is 2.75 bits per heavy atom. The number of hydrogen-bond donors (Lipinski definition) is 1. The van der Waals surface area contributed by atoms with Crippen molar-refractivity contribution in [1.82, 2.24) is 20.1 Å². The molecule has 146 valence electrons. The van der Waals surface area contributed by atoms with Gasteiger partial charge in [0.1, 0.15) is 11.4 Å². The van der Waals surface area contributed by atoms with Crippen molar-refractivity contribution in [3.63, 3.8) is 0 Å². The minimum absolute atomic E-state index is 0.370. The number of fused-ring (bicyclic) bond motifs is 3. The lowest BCUT2D eigenvalue weighted by Crippen LogP contribution is -2.04. The third-order valence-corrected chi connectivity index (χ3v) is 4.57. The highest BCUT2D eigenvalue weighted by molar-refractivity contribution is 6.12. The van der Waals surface area contributed by atoms with Gasteiger partial charge in [0.2, 0.25) is 0 Å². The molecule has 4 rings (SSSR count). The zero-order valence-corrected chi connectivity index (χ0v) is 16.6. The van der Waals surface area contributed by atoms with Crippen molar-refractivity contribution in [2.45, 2.75) is 33.8 Å². The zero-order valence-electron chi connectivity index (χ0n) is 16.6. The predicted molar refractivity (Wildman–Crippen MR) is 107 cm³/mol. The molecule has 0 spiro atoms. The topological polar surface area (TPSA) is 86.1 Å². The molecule has 1 N–H and O–H groups in total. The largest absolute Gasteiger partial charge is 0.493 e. The lowest BCUT2D eigenvalue weighted by Gasteiger charge is -2.11. The Morgan fingerprint density at radius 2 is 2.04 bits per heavy atom. The Balaban J connectivity index is 1.97. The molecule has 0 saturated carbocycles. The molecule has 0 bridgehead atoms. The van der Waals surface area contributed by atoms with Crippen LogP contribution in [-0.2, 0) is 17.8 Å². The number of ether oxygens (including phenoxy) is 2. The molecule has 0 saturated heterocycles. The summed E-state index contributed by atoms with van der Waals surface area (Å²) < 4.78 is 17.1. The first-order valence-corrected chi connectivity index (χ1v) is 9.49. The number of rotatable bonds is 7. The van der Waals surface area contributed by atoms with Crippen LogP contribution in [0.2, 0.25) is 0 Å². The third-order valence-electron chi connectivity index (χ3n) is 4.57. The van der Waals surface area contributed by atoms with Crippen LogP contribution in [0.15, 0.2) is 28.9 Å². The quantitative estimate of drug-likeness (QED) is 0.508. The molecule has 3 heterocycles. The Hall–Kier alpha value is -2.93. The molecule has 7 heteroatoms. The summed E-state index contributed by atoms with van der Waals surface area (Å²) in [5.41, 5.74) is 3.45. The molecule has 0 aliphatic heterocycles. The van der Waals surface area contributed by atoms with Crippen LogP contribution in [0.5, 0.6) is 5.75 Å². The number of hydrogen-bond acceptors (Lipinski definition) is 6. The van der Waals surface area contributed by atoms with Crippen LogP contribution in [-0.4, -0.2) is 33.8 Å². The average molecular weight is 380 g/mol. The summed E-state index contributed by atoms with van der Waals surface area (Å²) in [7, 11) is 1.67. The van der Waals surface area contributed by atoms with Gasteiger partial charge in [0, 0.05) is 29.9 Å². The molecular weight excluding hydrogens is 356 g/mol. The van der Waals surface area contributed by atoms with Crippen molar-refractivity contribution in [2.24, 2.45) is 5.92 Å². The first kappa shape index (κ1) is 18.4. The molecule has 28 heavy (non-hydrogen) atoms. The summed E-state index contributed by atoms with van der Waals surface area (Å²) in [6.07, 6.45) is 2.50. The summed E-state index contributed by atoms with van der Waals surface area (Å²) in [6, 6.07) is 6.02. The van der Waals surface area contributed by atoms with Crippen LogP contribution in [0.1, 0.15) is 32.2 Å². The second-order valence-electron chi connectivity index (χ2n) is 7.18. The molecule has 4 aromatic rings. The first-order chi connectivity index (χ1) is 13.6. The summed E-state index contributed by atoms with van der Waals surface area (Å²) in [6.45, 7) is 7.27. The van der Waals surface area contributed by atoms with Crippen LogP contribution in [0.4, 0.5) is 0 Å². The molecule has 0 amide bonds. The summed E-state index contributed by atoms with van der Waals surface area (Å²) in [4.78, 5) is 12.5. The van der Waals surface area contributed by atoms with Crippen molar-refractivity contribution < 1.29 is 14.0 Å². The number of aromatic nitrogens is 4. The molecule has 3 aromatic heterocycles. The molecule has 0 radical (unpaired) electrons. The van der Waals surface area contributed by atoms with Gasteiger partial charge in [-0.25, -0.2) is 4.98 Å². The van der Waals surface area contributed by atoms with Crippen LogP contribution in [0, 0.1) is 5.92 Å². The minimum atomic E-state index is 0.370. The fourth-order valence-electron chi connectivity index (χ4n) is 3.31. The van der Waals surface area contributed by atoms with Gasteiger partial charge < -0.3 is 19.0 Å². The maximum absolute atomic E-state index is 6.11. The van der Waals surface area contributed by atoms with Crippen LogP contribution in [0.25, 0.3) is 33.4 Å². The highest BCUT2D eigenvalue weighted by Gasteiger charge is 2.21. The van der Waals surface area contributed by atoms with Gasteiger partial charge in [-0.05, 0) is 18.1 Å². The second kappa shape index (κ2) is 7.59. The maximum atomic E-state index is 6.11. The fraction of sp³-hybridized carbons (Fsp3) is 0.381. The summed E-state index contributed by atoms with van der Waals surface area (Å²) in [5, 5.41) is 6.04. The van der Waals surface area contributed by atoms with Gasteiger partial charge in [-0.1, -0.05) is 32.0 Å². The van der Waals surface area contributed by atoms with Crippen molar-refractivity contribution in [3.05, 3.63) is 35.8 Å². The first-order valence-electron chi connectivity index (χ1n) is 9.49. The van der Waals surface area contributed by atoms with E-state index in [4.69, 9.17) is 14.0 Å². The number of benzene rings is 1. The van der Waals surface area contributed by atoms with E-state index in [1.807, 2.05) is 25.1 Å². The fourth-order valence-corrected chi connectivity index (χ4v) is 3.31. The van der Waals surface area contributed by atoms with Crippen LogP contribution < -0.4 is 4.74 Å². The van der Waals surface area contributed by atoms with Gasteiger partial charge in [-0.15, -0.1) is 0 Å². The molecule has 0 aliphatic rings. The lowest BCUT2D eigenvalue weighted by atomic mass is 10.0. The molecule has 1 aromatic carbocycles. The SMILES string of the molecule is CCc1noc(-c2ncc3[nH]c4cccc(OCC(C)C)c4c3c2COC)n1. The van der Waals surface area contributed by atoms with E-state index in [-0.39, 0.29) is 0 Å². The van der Waals surface area contributed by atoms with E-state index in [9.17, 15) is 0 Å². The Labute approximate surface area is 163 Å². The van der Waals surface area contributed by atoms with Crippen molar-refractivity contribution in [3.8, 4) is 17.3 Å². The Bertz CT molecular complexity index is 1110. The number of methoxy groups -OCH3 is 1. The minimum Gasteiger partial charge on any atom is -0.493 e. The Kier molecular flexibility index (Phi) is 5.00. The van der Waals surface area contributed by atoms with Crippen LogP contribution in [0.3, 0.4) is 0 Å². The lowest BCUT2D eigenvalue weighted by molar-refractivity contribution is 0.186. The molecule has 0 atom stereocenters. The Morgan fingerprint density at radius 1 is 1.18 bits per heavy atom. The van der Waals surface area contributed by atoms with Crippen molar-refractivity contribution in [1.29, 1.82) is 0 Å². The highest BCUT2D eigenvalue weighted by Crippen LogP contribution is 2.38. The van der Waals surface area contributed by atoms with E-state index in [0.29, 0.717) is 43.0 Å². The van der Waals surface area contributed by atoms with Crippen molar-refractivity contribution in [2.75, 3.05) is 13.7 Å². The van der Waals surface area contributed by atoms with E-state index < -0.39 is 0 Å². The number of nitrogens with zero attached hydrogens (tertiary/aromatic N) is 3. The van der Waals surface area contributed by atoms with Gasteiger partial charge >= 0.3 is 0 Å². The standard InChI is InChI=1S/C21H24N4O3/c1-5-17-24-21(28-25-17)20-13(11-26-4)18-15(9-22-20)23-14-7-6-8-16(19(14)18)27-10-12(2)3/h6-9,12,23H,5,10-11H2,1-4H3. The molecule has 7 nitrogen and oxygen atoms in total. The van der Waals surface area contributed by atoms with Gasteiger partial charge in [0.05, 0.1) is 30.4 Å². The molecular formula is C21H24N4O3. The number of nitrogens with one attached hydrogen (secondary N) is 1. The summed E-state index contributed by atoms with van der Waals surface area (Å²) >= 11 is 0. The maximum Gasteiger partial charge on any atom is 0.276 e. The predicted octanol–water partition coefficient (Wildman–Crippen LogP) is 4.51. The van der Waals surface area contributed by atoms with E-state index in [0.717, 1.165) is 33.1 Å². The van der Waals surface area contributed by atoms with Gasteiger partial charge in [-0.2, -0.15) is 4.98 Å². The average Bonchev–Trinajstić information content (AvgIpc) is 3.31. The normalized spacial score (nSPS) is 11.8. The molecule has 0 fully saturated rings. The second-order valence-corrected chi connectivity index (χ2v) is 7.18. The third kappa shape index (κ3) is 3.22. The zero-order chi connectivity index (χ0) is 19.7. The van der Waals surface area contributed by atoms with E-state index in [2.05, 4.69) is 34.0 Å². The number of aromatic amines is 1. The van der Waals surface area contributed by atoms with Crippen LogP contribution >= 0.6 is 0 Å². The van der Waals surface area contributed by atoms with Gasteiger partial charge in [0.15, 0.2) is 5.82 Å². The molecule has 0 unspecified atom stereocenters. The van der Waals surface area contributed by atoms with Gasteiger partial charge in [0.25, 0.3) is 5.89 Å². The van der Waals surface area contributed by atoms with Crippen molar-refractivity contribution >= 4 is 21.8 Å². The van der Waals surface area contributed by atoms with E-state index >= 15 is 0 Å². The van der Waals surface area contributed by atoms with Gasteiger partial charge in [-0.3, -0.25) is 0 Å². The van der Waals surface area contributed by atoms with E-state index in [1.165, 1.54) is 0 Å². The molecule has 0 aliphatic carbocycles. The monoisotopic (exact) mass is 380 g/mol. The summed E-state index contributed by atoms with van der Waals surface area (Å²) in [5.74, 6) is 2.33. The number of H-pyrrole nitrogens is 1. The number of pyridine rings is 1. The highest BCUT2D eigenvalue weighted by atomic mass is 16.5.